The number of nitrogens with zero attached hydrogens (tertiary/aromatic N) is 3. The Kier molecular flexibility index (Phi) is 2.69. The van der Waals surface area contributed by atoms with E-state index >= 15 is 0 Å². The summed E-state index contributed by atoms with van der Waals surface area (Å²) in [6, 6.07) is 2.08. The van der Waals surface area contributed by atoms with Gasteiger partial charge in [0.1, 0.15) is 11.9 Å². The van der Waals surface area contributed by atoms with Crippen LogP contribution in [0, 0.1) is 0 Å². The summed E-state index contributed by atoms with van der Waals surface area (Å²) in [6.07, 6.45) is 7.47. The normalized spacial score (nSPS) is 14.9. The Morgan fingerprint density at radius 1 is 1.53 bits per heavy atom. The molecule has 0 saturated carbocycles. The molecule has 1 aromatic rings. The summed E-state index contributed by atoms with van der Waals surface area (Å²) >= 11 is 0. The fourth-order valence-corrected chi connectivity index (χ4v) is 1.50. The zero-order valence-corrected chi connectivity index (χ0v) is 8.81. The Balaban J connectivity index is 2.39. The van der Waals surface area contributed by atoms with E-state index in [0.29, 0.717) is 0 Å². The molecule has 0 spiro atoms. The van der Waals surface area contributed by atoms with Gasteiger partial charge in [0.05, 0.1) is 0 Å². The summed E-state index contributed by atoms with van der Waals surface area (Å²) in [5.41, 5.74) is 5.97. The monoisotopic (exact) mass is 201 g/mol. The maximum atomic E-state index is 4.33. The minimum absolute atomic E-state index is 0.933. The molecule has 2 N–H and O–H groups in total. The largest absolute Gasteiger partial charge is 0.296 e. The van der Waals surface area contributed by atoms with Crippen LogP contribution in [0.3, 0.4) is 0 Å². The predicted octanol–water partition coefficient (Wildman–Crippen LogP) is 0.728. The van der Waals surface area contributed by atoms with Crippen LogP contribution < -0.4 is 5.43 Å². The smallest absolute Gasteiger partial charge is 0.184 e. The summed E-state index contributed by atoms with van der Waals surface area (Å²) in [5.74, 6) is 0. The van der Waals surface area contributed by atoms with Gasteiger partial charge in [0.15, 0.2) is 5.69 Å². The van der Waals surface area contributed by atoms with Gasteiger partial charge < -0.3 is 0 Å². The molecular formula is C11H13N4+. The minimum atomic E-state index is 0.933. The number of quaternary nitrogens is 1. The molecule has 4 heteroatoms. The van der Waals surface area contributed by atoms with Crippen LogP contribution >= 0.6 is 0 Å². The molecule has 4 nitrogen and oxygen atoms in total. The molecule has 0 amide bonds. The third-order valence-corrected chi connectivity index (χ3v) is 2.27. The van der Waals surface area contributed by atoms with Crippen molar-refractivity contribution in [1.29, 1.82) is 0 Å². The first-order valence-electron chi connectivity index (χ1n) is 4.80. The lowest BCUT2D eigenvalue weighted by atomic mass is 10.1. The standard InChI is InChI=1S/C11H12N4/c1-3-8(5-12-2)9-4-10-11(13-6-9)7-14-15-10/h3-7H,1-2H3,(H,14,15)/p+1/b8-3+,12-5?. The first-order valence-corrected chi connectivity index (χ1v) is 4.80. The predicted molar refractivity (Wildman–Crippen MR) is 61.5 cm³/mol. The van der Waals surface area contributed by atoms with Crippen molar-refractivity contribution in [2.45, 2.75) is 6.92 Å². The summed E-state index contributed by atoms with van der Waals surface area (Å²) in [7, 11) is 1.76. The lowest BCUT2D eigenvalue weighted by Gasteiger charge is -2.01. The zero-order chi connectivity index (χ0) is 10.7. The van der Waals surface area contributed by atoms with Crippen LogP contribution in [0.4, 0.5) is 5.69 Å². The zero-order valence-electron chi connectivity index (χ0n) is 8.81. The first-order chi connectivity index (χ1) is 7.35. The van der Waals surface area contributed by atoms with Crippen molar-refractivity contribution < 1.29 is 5.43 Å². The molecule has 2 rings (SSSR count). The van der Waals surface area contributed by atoms with Crippen molar-refractivity contribution in [3.63, 3.8) is 0 Å². The fraction of sp³-hybridized carbons (Fsp3) is 0.182. The molecule has 0 aliphatic carbocycles. The molecule has 0 aromatic carbocycles. The number of hydrogen-bond donors (Lipinski definition) is 1. The van der Waals surface area contributed by atoms with Gasteiger partial charge in [-0.05, 0) is 12.5 Å². The van der Waals surface area contributed by atoms with Crippen molar-refractivity contribution >= 4 is 23.7 Å². The van der Waals surface area contributed by atoms with Crippen LogP contribution in [0.5, 0.6) is 0 Å². The number of aliphatic imine (C=N–C) groups is 1. The Morgan fingerprint density at radius 3 is 3.13 bits per heavy atom. The molecule has 1 aromatic heterocycles. The van der Waals surface area contributed by atoms with Gasteiger partial charge in [-0.25, -0.2) is 4.98 Å². The van der Waals surface area contributed by atoms with Crippen molar-refractivity contribution in [2.75, 3.05) is 7.05 Å². The van der Waals surface area contributed by atoms with E-state index in [0.717, 1.165) is 22.5 Å². The number of pyridine rings is 1. The van der Waals surface area contributed by atoms with Crippen LogP contribution in [0.2, 0.25) is 0 Å². The summed E-state index contributed by atoms with van der Waals surface area (Å²) < 4.78 is 0. The molecule has 0 unspecified atom stereocenters. The number of rotatable bonds is 2. The molecule has 0 atom stereocenters. The number of fused-ring (bicyclic) bond motifs is 1. The van der Waals surface area contributed by atoms with Crippen LogP contribution in [0.1, 0.15) is 18.2 Å². The van der Waals surface area contributed by atoms with Gasteiger partial charge in [0.2, 0.25) is 0 Å². The highest BCUT2D eigenvalue weighted by atomic mass is 15.3. The first kappa shape index (κ1) is 9.73. The van der Waals surface area contributed by atoms with Gasteiger partial charge in [-0.1, -0.05) is 11.2 Å². The SMILES string of the molecule is C/C=C(\C=NC)c1cnc2c(c1)[NH2+]N=C2. The molecule has 0 radical (unpaired) electrons. The van der Waals surface area contributed by atoms with Crippen molar-refractivity contribution in [3.8, 4) is 0 Å². The molecular weight excluding hydrogens is 188 g/mol. The van der Waals surface area contributed by atoms with Gasteiger partial charge in [-0.15, -0.1) is 0 Å². The maximum absolute atomic E-state index is 4.33. The summed E-state index contributed by atoms with van der Waals surface area (Å²) in [5, 5.41) is 4.06. The van der Waals surface area contributed by atoms with Crippen LogP contribution in [0.15, 0.2) is 28.4 Å². The number of nitrogens with two attached hydrogens (primary N) is 1. The van der Waals surface area contributed by atoms with E-state index in [1.54, 1.807) is 13.3 Å². The third kappa shape index (κ3) is 1.85. The maximum Gasteiger partial charge on any atom is 0.184 e. The third-order valence-electron chi connectivity index (χ3n) is 2.27. The Labute approximate surface area is 88.5 Å². The summed E-state index contributed by atoms with van der Waals surface area (Å²) in [6.45, 7) is 1.99. The van der Waals surface area contributed by atoms with Crippen molar-refractivity contribution in [3.05, 3.63) is 29.6 Å². The Morgan fingerprint density at radius 2 is 2.40 bits per heavy atom. The van der Waals surface area contributed by atoms with Crippen LogP contribution in [0.25, 0.3) is 5.57 Å². The number of allylic oxidation sites excluding steroid dienone is 2. The lowest BCUT2D eigenvalue weighted by Crippen LogP contribution is -2.69. The highest BCUT2D eigenvalue weighted by Gasteiger charge is 2.13. The molecule has 0 fully saturated rings. The Bertz CT molecular complexity index is 458. The molecule has 15 heavy (non-hydrogen) atoms. The average Bonchev–Trinajstić information content (AvgIpc) is 2.72. The van der Waals surface area contributed by atoms with E-state index in [1.807, 2.05) is 30.8 Å². The number of hydrogen-bond acceptors (Lipinski definition) is 3. The Hall–Kier alpha value is -1.81. The fourth-order valence-electron chi connectivity index (χ4n) is 1.50. The van der Waals surface area contributed by atoms with Crippen molar-refractivity contribution in [2.24, 2.45) is 10.1 Å². The van der Waals surface area contributed by atoms with E-state index in [-0.39, 0.29) is 0 Å². The van der Waals surface area contributed by atoms with Gasteiger partial charge >= 0.3 is 0 Å². The van der Waals surface area contributed by atoms with E-state index in [2.05, 4.69) is 21.1 Å². The highest BCUT2D eigenvalue weighted by Crippen LogP contribution is 2.17. The van der Waals surface area contributed by atoms with E-state index in [1.165, 1.54) is 0 Å². The van der Waals surface area contributed by atoms with Gasteiger partial charge in [0.25, 0.3) is 0 Å². The molecule has 0 bridgehead atoms. The molecule has 1 aliphatic heterocycles. The van der Waals surface area contributed by atoms with Gasteiger partial charge in [-0.3, -0.25) is 4.99 Å². The van der Waals surface area contributed by atoms with E-state index in [9.17, 15) is 0 Å². The molecule has 2 heterocycles. The minimum Gasteiger partial charge on any atom is -0.296 e. The highest BCUT2D eigenvalue weighted by molar-refractivity contribution is 6.09. The van der Waals surface area contributed by atoms with E-state index < -0.39 is 0 Å². The van der Waals surface area contributed by atoms with Crippen LogP contribution in [-0.2, 0) is 0 Å². The molecule has 0 saturated heterocycles. The number of aromatic nitrogens is 1. The van der Waals surface area contributed by atoms with E-state index in [4.69, 9.17) is 0 Å². The summed E-state index contributed by atoms with van der Waals surface area (Å²) in [4.78, 5) is 8.34. The molecule has 1 aliphatic rings. The second kappa shape index (κ2) is 4.14. The van der Waals surface area contributed by atoms with Crippen LogP contribution in [-0.4, -0.2) is 24.5 Å². The average molecular weight is 201 g/mol. The second-order valence-electron chi connectivity index (χ2n) is 3.24. The quantitative estimate of drug-likeness (QED) is 0.556. The lowest BCUT2D eigenvalue weighted by molar-refractivity contribution is -0.573. The van der Waals surface area contributed by atoms with Crippen molar-refractivity contribution in [1.82, 2.24) is 4.98 Å². The van der Waals surface area contributed by atoms with Gasteiger partial charge in [-0.2, -0.15) is 5.43 Å². The molecule has 76 valence electrons. The topological polar surface area (TPSA) is 54.2 Å². The second-order valence-corrected chi connectivity index (χ2v) is 3.24. The van der Waals surface area contributed by atoms with Gasteiger partial charge in [0, 0.05) is 31.1 Å².